The number of hydrogen-bond donors (Lipinski definition) is 1. The highest BCUT2D eigenvalue weighted by Crippen LogP contribution is 2.37. The Morgan fingerprint density at radius 2 is 2.00 bits per heavy atom. The van der Waals surface area contributed by atoms with Crippen LogP contribution in [0.1, 0.15) is 46.0 Å². The molecule has 0 bridgehead atoms. The van der Waals surface area contributed by atoms with Gasteiger partial charge in [0.2, 0.25) is 17.6 Å². The van der Waals surface area contributed by atoms with Gasteiger partial charge in [-0.2, -0.15) is 4.98 Å². The summed E-state index contributed by atoms with van der Waals surface area (Å²) in [4.78, 5) is 31.3. The fourth-order valence-corrected chi connectivity index (χ4v) is 5.72. The molecule has 37 heavy (non-hydrogen) atoms. The van der Waals surface area contributed by atoms with Crippen molar-refractivity contribution in [2.24, 2.45) is 5.92 Å². The van der Waals surface area contributed by atoms with Crippen LogP contribution < -0.4 is 10.7 Å². The summed E-state index contributed by atoms with van der Waals surface area (Å²) in [5.74, 6) is 1.14. The lowest BCUT2D eigenvalue weighted by Gasteiger charge is -2.43. The zero-order valence-electron chi connectivity index (χ0n) is 21.0. The van der Waals surface area contributed by atoms with E-state index in [1.807, 2.05) is 24.3 Å². The first-order chi connectivity index (χ1) is 17.9. The van der Waals surface area contributed by atoms with E-state index in [1.54, 1.807) is 0 Å². The first-order valence-corrected chi connectivity index (χ1v) is 13.2. The molecule has 194 valence electrons. The number of nitrogens with one attached hydrogen (secondary N) is 1. The third-order valence-electron chi connectivity index (χ3n) is 7.39. The van der Waals surface area contributed by atoms with Gasteiger partial charge in [-0.05, 0) is 44.7 Å². The van der Waals surface area contributed by atoms with Crippen molar-refractivity contribution in [3.63, 3.8) is 0 Å². The van der Waals surface area contributed by atoms with Crippen LogP contribution in [0.15, 0.2) is 33.6 Å². The lowest BCUT2D eigenvalue weighted by Crippen LogP contribution is -2.54. The number of H-pyrrole nitrogens is 1. The molecule has 3 aromatic heterocycles. The molecular weight excluding hydrogens is 494 g/mol. The number of imidazole rings is 1. The number of aromatic amines is 1. The molecular formula is C26H30ClN7O3. The first kappa shape index (κ1) is 24.1. The molecule has 1 aliphatic heterocycles. The molecule has 4 heterocycles. The van der Waals surface area contributed by atoms with Crippen molar-refractivity contribution in [3.05, 3.63) is 39.8 Å². The summed E-state index contributed by atoms with van der Waals surface area (Å²) in [5.41, 5.74) is 2.67. The highest BCUT2D eigenvalue weighted by molar-refractivity contribution is 6.30. The summed E-state index contributed by atoms with van der Waals surface area (Å²) in [6, 6.07) is 7.59. The Labute approximate surface area is 219 Å². The maximum atomic E-state index is 11.7. The second-order valence-electron chi connectivity index (χ2n) is 10.6. The summed E-state index contributed by atoms with van der Waals surface area (Å²) < 4.78 is 12.8. The molecule has 0 radical (unpaired) electrons. The summed E-state index contributed by atoms with van der Waals surface area (Å²) in [5, 5.41) is 4.43. The molecule has 1 aromatic carbocycles. The average molecular weight is 524 g/mol. The van der Waals surface area contributed by atoms with Crippen LogP contribution in [0.4, 0.5) is 5.95 Å². The van der Waals surface area contributed by atoms with Crippen molar-refractivity contribution < 1.29 is 9.26 Å². The Morgan fingerprint density at radius 1 is 1.16 bits per heavy atom. The number of aromatic nitrogens is 6. The molecule has 2 aliphatic rings. The van der Waals surface area contributed by atoms with Crippen LogP contribution in [0.2, 0.25) is 5.02 Å². The Balaban J connectivity index is 1.61. The van der Waals surface area contributed by atoms with Crippen LogP contribution in [-0.2, 0) is 11.3 Å². The topological polar surface area (TPSA) is 115 Å². The molecule has 1 saturated carbocycles. The Kier molecular flexibility index (Phi) is 6.24. The van der Waals surface area contributed by atoms with E-state index in [9.17, 15) is 4.79 Å². The number of halogens is 1. The van der Waals surface area contributed by atoms with Crippen LogP contribution >= 0.6 is 11.6 Å². The summed E-state index contributed by atoms with van der Waals surface area (Å²) in [7, 11) is 0. The van der Waals surface area contributed by atoms with Gasteiger partial charge in [0.05, 0.1) is 18.8 Å². The fraction of sp³-hybridized carbons (Fsp3) is 0.500. The molecule has 6 rings (SSSR count). The van der Waals surface area contributed by atoms with Gasteiger partial charge in [0, 0.05) is 23.7 Å². The maximum Gasteiger partial charge on any atom is 0.439 e. The predicted octanol–water partition coefficient (Wildman–Crippen LogP) is 4.69. The summed E-state index contributed by atoms with van der Waals surface area (Å²) >= 11 is 6.40. The molecule has 1 N–H and O–H groups in total. The molecule has 1 aliphatic carbocycles. The lowest BCUT2D eigenvalue weighted by atomic mass is 9.89. The van der Waals surface area contributed by atoms with E-state index in [4.69, 9.17) is 35.8 Å². The standard InChI is InChI=1S/C26H30ClN7O3/c1-26(2)15-36-12-11-34(26)24-30-21-20(33(24)14-16-7-4-3-5-8-16)19(17-9-6-10-18(27)13-17)28-22(29-21)23-31-25(35)37-32-23/h6,9-10,13,16H,3-5,7-8,11-12,14-15H2,1-2H3,(H,31,32,35). The minimum atomic E-state index is -0.665. The van der Waals surface area contributed by atoms with Gasteiger partial charge in [0.15, 0.2) is 5.65 Å². The zero-order chi connectivity index (χ0) is 25.6. The quantitative estimate of drug-likeness (QED) is 0.401. The second kappa shape index (κ2) is 9.57. The minimum absolute atomic E-state index is 0.158. The van der Waals surface area contributed by atoms with Crippen molar-refractivity contribution in [2.75, 3.05) is 24.7 Å². The van der Waals surface area contributed by atoms with Crippen LogP contribution in [0.5, 0.6) is 0 Å². The molecule has 0 atom stereocenters. The van der Waals surface area contributed by atoms with Gasteiger partial charge in [0.1, 0.15) is 11.2 Å². The van der Waals surface area contributed by atoms with Crippen LogP contribution in [0.3, 0.4) is 0 Å². The smallest absolute Gasteiger partial charge is 0.377 e. The van der Waals surface area contributed by atoms with E-state index in [0.29, 0.717) is 35.5 Å². The van der Waals surface area contributed by atoms with Gasteiger partial charge < -0.3 is 14.2 Å². The Morgan fingerprint density at radius 3 is 2.73 bits per heavy atom. The Bertz CT molecular complexity index is 1490. The van der Waals surface area contributed by atoms with E-state index in [1.165, 1.54) is 32.1 Å². The van der Waals surface area contributed by atoms with Gasteiger partial charge in [-0.15, -0.1) is 0 Å². The molecule has 1 saturated heterocycles. The summed E-state index contributed by atoms with van der Waals surface area (Å²) in [6.07, 6.45) is 6.17. The molecule has 0 amide bonds. The van der Waals surface area contributed by atoms with E-state index >= 15 is 0 Å². The summed E-state index contributed by atoms with van der Waals surface area (Å²) in [6.45, 7) is 7.14. The van der Waals surface area contributed by atoms with Crippen LogP contribution in [-0.4, -0.2) is 55.0 Å². The van der Waals surface area contributed by atoms with Crippen molar-refractivity contribution in [1.29, 1.82) is 0 Å². The maximum absolute atomic E-state index is 11.7. The number of nitrogens with zero attached hydrogens (tertiary/aromatic N) is 6. The normalized spacial score (nSPS) is 18.5. The van der Waals surface area contributed by atoms with Crippen molar-refractivity contribution >= 4 is 28.7 Å². The number of benzene rings is 1. The Hall–Kier alpha value is -3.24. The van der Waals surface area contributed by atoms with Crippen LogP contribution in [0.25, 0.3) is 34.1 Å². The van der Waals surface area contributed by atoms with E-state index in [-0.39, 0.29) is 17.2 Å². The van der Waals surface area contributed by atoms with E-state index in [2.05, 4.69) is 33.5 Å². The van der Waals surface area contributed by atoms with Crippen molar-refractivity contribution in [1.82, 2.24) is 29.7 Å². The largest absolute Gasteiger partial charge is 0.439 e. The van der Waals surface area contributed by atoms with Gasteiger partial charge in [0.25, 0.3) is 0 Å². The zero-order valence-corrected chi connectivity index (χ0v) is 21.8. The molecule has 2 fully saturated rings. The van der Waals surface area contributed by atoms with Gasteiger partial charge in [-0.3, -0.25) is 9.51 Å². The number of rotatable bonds is 5. The molecule has 0 unspecified atom stereocenters. The highest BCUT2D eigenvalue weighted by Gasteiger charge is 2.35. The SMILES string of the molecule is CC1(C)COCCN1c1nc2nc(-c3noc(=O)[nH]3)nc(-c3cccc(Cl)c3)c2n1CC1CCCCC1. The number of anilines is 1. The van der Waals surface area contributed by atoms with E-state index < -0.39 is 5.76 Å². The molecule has 11 heteroatoms. The third kappa shape index (κ3) is 4.64. The van der Waals surface area contributed by atoms with Crippen LogP contribution in [0, 0.1) is 5.92 Å². The number of ether oxygens (including phenoxy) is 1. The highest BCUT2D eigenvalue weighted by atomic mass is 35.5. The third-order valence-corrected chi connectivity index (χ3v) is 7.62. The minimum Gasteiger partial charge on any atom is -0.377 e. The van der Waals surface area contributed by atoms with E-state index in [0.717, 1.165) is 30.1 Å². The van der Waals surface area contributed by atoms with Crippen molar-refractivity contribution in [3.8, 4) is 22.9 Å². The van der Waals surface area contributed by atoms with Gasteiger partial charge >= 0.3 is 5.76 Å². The second-order valence-corrected chi connectivity index (χ2v) is 11.0. The average Bonchev–Trinajstić information content (AvgIpc) is 3.47. The number of morpholine rings is 1. The monoisotopic (exact) mass is 523 g/mol. The van der Waals surface area contributed by atoms with Crippen molar-refractivity contribution in [2.45, 2.75) is 58.0 Å². The van der Waals surface area contributed by atoms with Gasteiger partial charge in [-0.25, -0.2) is 14.8 Å². The fourth-order valence-electron chi connectivity index (χ4n) is 5.53. The number of hydrogen-bond acceptors (Lipinski definition) is 8. The van der Waals surface area contributed by atoms with Gasteiger partial charge in [-0.1, -0.05) is 48.2 Å². The molecule has 0 spiro atoms. The molecule has 10 nitrogen and oxygen atoms in total. The first-order valence-electron chi connectivity index (χ1n) is 12.8. The number of fused-ring (bicyclic) bond motifs is 1. The predicted molar refractivity (Wildman–Crippen MR) is 141 cm³/mol. The molecule has 4 aromatic rings. The lowest BCUT2D eigenvalue weighted by molar-refractivity contribution is 0.0629.